The molecule has 4 heteroatoms. The van der Waals surface area contributed by atoms with Crippen molar-refractivity contribution in [1.82, 2.24) is 0 Å². The lowest BCUT2D eigenvalue weighted by Gasteiger charge is -2.21. The molecular weight excluding hydrogens is 158 g/mol. The minimum absolute atomic E-state index is 0.211. The number of ether oxygens (including phenoxy) is 1. The molecule has 0 amide bonds. The second-order valence-corrected chi connectivity index (χ2v) is 2.71. The Bertz CT molecular complexity index is 207. The minimum atomic E-state index is -1.45. The summed E-state index contributed by atoms with van der Waals surface area (Å²) in [4.78, 5) is 11.1. The summed E-state index contributed by atoms with van der Waals surface area (Å²) < 4.78 is 4.64. The van der Waals surface area contributed by atoms with Gasteiger partial charge in [-0.1, -0.05) is 0 Å². The predicted molar refractivity (Wildman–Crippen MR) is 42.0 cm³/mol. The minimum Gasteiger partial charge on any atom is -0.465 e. The standard InChI is InChI=1S/C8H13NO3/c1-4-12-7(11)8(3,5-9)6(2)10/h6,10H,4H2,1-3H3/t6-,8-/m0/s1. The monoisotopic (exact) mass is 171 g/mol. The summed E-state index contributed by atoms with van der Waals surface area (Å²) in [7, 11) is 0. The molecule has 0 radical (unpaired) electrons. The molecule has 0 aliphatic carbocycles. The van der Waals surface area contributed by atoms with Crippen molar-refractivity contribution in [2.75, 3.05) is 6.61 Å². The van der Waals surface area contributed by atoms with Gasteiger partial charge in [0.05, 0.1) is 18.8 Å². The van der Waals surface area contributed by atoms with E-state index >= 15 is 0 Å². The number of nitrogens with zero attached hydrogens (tertiary/aromatic N) is 1. The van der Waals surface area contributed by atoms with Gasteiger partial charge < -0.3 is 9.84 Å². The van der Waals surface area contributed by atoms with E-state index in [1.165, 1.54) is 13.8 Å². The van der Waals surface area contributed by atoms with Crippen LogP contribution in [0.1, 0.15) is 20.8 Å². The average Bonchev–Trinajstić information content (AvgIpc) is 2.03. The molecule has 12 heavy (non-hydrogen) atoms. The normalized spacial score (nSPS) is 17.2. The molecule has 0 rings (SSSR count). The third-order valence-electron chi connectivity index (χ3n) is 1.77. The molecule has 0 saturated carbocycles. The van der Waals surface area contributed by atoms with Crippen LogP contribution in [0.15, 0.2) is 0 Å². The first-order valence-electron chi connectivity index (χ1n) is 3.75. The van der Waals surface area contributed by atoms with Crippen LogP contribution in [0.25, 0.3) is 0 Å². The lowest BCUT2D eigenvalue weighted by atomic mass is 9.87. The molecule has 0 aliphatic heterocycles. The average molecular weight is 171 g/mol. The van der Waals surface area contributed by atoms with Crippen LogP contribution >= 0.6 is 0 Å². The van der Waals surface area contributed by atoms with Gasteiger partial charge in [0, 0.05) is 0 Å². The van der Waals surface area contributed by atoms with Crippen molar-refractivity contribution in [2.24, 2.45) is 5.41 Å². The number of nitriles is 1. The zero-order chi connectivity index (χ0) is 9.78. The number of rotatable bonds is 3. The fourth-order valence-corrected chi connectivity index (χ4v) is 0.591. The molecule has 0 heterocycles. The Morgan fingerprint density at radius 2 is 2.33 bits per heavy atom. The van der Waals surface area contributed by atoms with Crippen molar-refractivity contribution in [1.29, 1.82) is 5.26 Å². The highest BCUT2D eigenvalue weighted by atomic mass is 16.5. The molecule has 2 atom stereocenters. The molecule has 0 bridgehead atoms. The number of hydrogen-bond acceptors (Lipinski definition) is 4. The molecule has 0 spiro atoms. The van der Waals surface area contributed by atoms with Gasteiger partial charge in [-0.25, -0.2) is 0 Å². The second kappa shape index (κ2) is 4.07. The lowest BCUT2D eigenvalue weighted by Crippen LogP contribution is -2.38. The van der Waals surface area contributed by atoms with Gasteiger partial charge in [-0.3, -0.25) is 4.79 Å². The summed E-state index contributed by atoms with van der Waals surface area (Å²) in [6.07, 6.45) is -1.03. The summed E-state index contributed by atoms with van der Waals surface area (Å²) in [6, 6.07) is 1.74. The maximum Gasteiger partial charge on any atom is 0.328 e. The Morgan fingerprint density at radius 3 is 2.58 bits per heavy atom. The van der Waals surface area contributed by atoms with E-state index in [2.05, 4.69) is 4.74 Å². The SMILES string of the molecule is CCOC(=O)[C@@](C)(C#N)[C@H](C)O. The maximum atomic E-state index is 11.1. The van der Waals surface area contributed by atoms with Crippen molar-refractivity contribution >= 4 is 5.97 Å². The summed E-state index contributed by atoms with van der Waals surface area (Å²) in [5.74, 6) is -0.678. The van der Waals surface area contributed by atoms with E-state index in [0.717, 1.165) is 0 Å². The molecule has 0 aromatic carbocycles. The van der Waals surface area contributed by atoms with Gasteiger partial charge in [-0.15, -0.1) is 0 Å². The zero-order valence-corrected chi connectivity index (χ0v) is 7.50. The number of esters is 1. The zero-order valence-electron chi connectivity index (χ0n) is 7.50. The van der Waals surface area contributed by atoms with Crippen LogP contribution in [-0.2, 0) is 9.53 Å². The lowest BCUT2D eigenvalue weighted by molar-refractivity contribution is -0.155. The Morgan fingerprint density at radius 1 is 1.83 bits per heavy atom. The van der Waals surface area contributed by atoms with Gasteiger partial charge >= 0.3 is 5.97 Å². The number of hydrogen-bond donors (Lipinski definition) is 1. The molecule has 1 N–H and O–H groups in total. The molecule has 0 aromatic heterocycles. The molecule has 0 saturated heterocycles. The van der Waals surface area contributed by atoms with E-state index in [1.807, 2.05) is 0 Å². The van der Waals surface area contributed by atoms with Crippen molar-refractivity contribution < 1.29 is 14.6 Å². The van der Waals surface area contributed by atoms with E-state index in [-0.39, 0.29) is 6.61 Å². The number of aliphatic hydroxyl groups is 1. The first-order chi connectivity index (χ1) is 5.49. The van der Waals surface area contributed by atoms with Crippen LogP contribution in [0.4, 0.5) is 0 Å². The summed E-state index contributed by atoms with van der Waals surface area (Å²) in [5, 5.41) is 17.8. The van der Waals surface area contributed by atoms with Gasteiger partial charge in [0.25, 0.3) is 0 Å². The molecule has 4 nitrogen and oxygen atoms in total. The smallest absolute Gasteiger partial charge is 0.328 e. The summed E-state index contributed by atoms with van der Waals surface area (Å²) in [6.45, 7) is 4.61. The Labute approximate surface area is 71.8 Å². The third kappa shape index (κ3) is 1.95. The first kappa shape index (κ1) is 10.9. The van der Waals surface area contributed by atoms with Crippen molar-refractivity contribution in [2.45, 2.75) is 26.9 Å². The third-order valence-corrected chi connectivity index (χ3v) is 1.77. The van der Waals surface area contributed by atoms with Gasteiger partial charge in [0.1, 0.15) is 0 Å². The van der Waals surface area contributed by atoms with Crippen LogP contribution in [0.2, 0.25) is 0 Å². The molecule has 0 aromatic rings. The van der Waals surface area contributed by atoms with Gasteiger partial charge in [0.15, 0.2) is 5.41 Å². The predicted octanol–water partition coefficient (Wildman–Crippen LogP) is 0.460. The van der Waals surface area contributed by atoms with E-state index in [0.29, 0.717) is 0 Å². The fraction of sp³-hybridized carbons (Fsp3) is 0.750. The maximum absolute atomic E-state index is 11.1. The van der Waals surface area contributed by atoms with E-state index in [1.54, 1.807) is 13.0 Å². The highest BCUT2D eigenvalue weighted by molar-refractivity contribution is 5.80. The largest absolute Gasteiger partial charge is 0.465 e. The molecule has 0 fully saturated rings. The van der Waals surface area contributed by atoms with Gasteiger partial charge in [-0.2, -0.15) is 5.26 Å². The Kier molecular flexibility index (Phi) is 3.71. The molecule has 0 unspecified atom stereocenters. The van der Waals surface area contributed by atoms with Crippen LogP contribution in [0.5, 0.6) is 0 Å². The van der Waals surface area contributed by atoms with Crippen molar-refractivity contribution in [3.8, 4) is 6.07 Å². The Hall–Kier alpha value is -1.08. The highest BCUT2D eigenvalue weighted by Crippen LogP contribution is 2.21. The molecular formula is C8H13NO3. The number of aliphatic hydroxyl groups excluding tert-OH is 1. The van der Waals surface area contributed by atoms with Crippen molar-refractivity contribution in [3.63, 3.8) is 0 Å². The van der Waals surface area contributed by atoms with Crippen LogP contribution in [0.3, 0.4) is 0 Å². The van der Waals surface area contributed by atoms with E-state index in [4.69, 9.17) is 10.4 Å². The topological polar surface area (TPSA) is 70.3 Å². The molecule has 68 valence electrons. The van der Waals surface area contributed by atoms with Gasteiger partial charge in [0.2, 0.25) is 0 Å². The van der Waals surface area contributed by atoms with Crippen LogP contribution < -0.4 is 0 Å². The summed E-state index contributed by atoms with van der Waals surface area (Å²) in [5.41, 5.74) is -1.45. The fourth-order valence-electron chi connectivity index (χ4n) is 0.591. The van der Waals surface area contributed by atoms with Crippen molar-refractivity contribution in [3.05, 3.63) is 0 Å². The molecule has 0 aliphatic rings. The van der Waals surface area contributed by atoms with E-state index in [9.17, 15) is 4.79 Å². The number of carbonyl (C=O) groups is 1. The van der Waals surface area contributed by atoms with Crippen LogP contribution in [-0.4, -0.2) is 23.8 Å². The van der Waals surface area contributed by atoms with Crippen LogP contribution in [0, 0.1) is 16.7 Å². The quantitative estimate of drug-likeness (QED) is 0.626. The highest BCUT2D eigenvalue weighted by Gasteiger charge is 2.40. The number of carbonyl (C=O) groups excluding carboxylic acids is 1. The summed E-state index contributed by atoms with van der Waals surface area (Å²) >= 11 is 0. The van der Waals surface area contributed by atoms with E-state index < -0.39 is 17.5 Å². The second-order valence-electron chi connectivity index (χ2n) is 2.71. The Balaban J connectivity index is 4.55. The first-order valence-corrected chi connectivity index (χ1v) is 3.75. The van der Waals surface area contributed by atoms with Gasteiger partial charge in [-0.05, 0) is 20.8 Å².